The van der Waals surface area contributed by atoms with Crippen molar-refractivity contribution in [3.8, 4) is 0 Å². The second-order valence-electron chi connectivity index (χ2n) is 2.22. The zero-order valence-corrected chi connectivity index (χ0v) is 10.5. The summed E-state index contributed by atoms with van der Waals surface area (Å²) in [7, 11) is 0. The van der Waals surface area contributed by atoms with Crippen LogP contribution in [0.2, 0.25) is 0 Å². The van der Waals surface area contributed by atoms with E-state index in [1.54, 1.807) is 0 Å². The van der Waals surface area contributed by atoms with Crippen molar-refractivity contribution in [1.29, 1.82) is 0 Å². The second kappa shape index (κ2) is 13.6. The first-order valence-corrected chi connectivity index (χ1v) is 4.00. The number of rotatable bonds is 0. The van der Waals surface area contributed by atoms with Gasteiger partial charge in [-0.1, -0.05) is 0 Å². The molecule has 0 bridgehead atoms. The summed E-state index contributed by atoms with van der Waals surface area (Å²) >= 11 is 0. The molecule has 2 aliphatic rings. The van der Waals surface area contributed by atoms with E-state index in [-0.39, 0.29) is 26.2 Å². The molecule has 0 saturated heterocycles. The van der Waals surface area contributed by atoms with Gasteiger partial charge in [0.15, 0.2) is 6.68 Å². The van der Waals surface area contributed by atoms with E-state index in [4.69, 9.17) is 0 Å². The second-order valence-corrected chi connectivity index (χ2v) is 2.22. The van der Waals surface area contributed by atoms with Crippen molar-refractivity contribution in [2.24, 2.45) is 0 Å². The van der Waals surface area contributed by atoms with Crippen LogP contribution in [0.3, 0.4) is 0 Å². The number of hydrogen-bond donors (Lipinski definition) is 0. The van der Waals surface area contributed by atoms with Crippen LogP contribution in [-0.2, 0) is 26.2 Å². The molecule has 0 nitrogen and oxygen atoms in total. The molecular formula is C11H10F3Zr. The molecule has 15 heavy (non-hydrogen) atoms. The van der Waals surface area contributed by atoms with Gasteiger partial charge in [0, 0.05) is 0 Å². The van der Waals surface area contributed by atoms with E-state index in [0.29, 0.717) is 0 Å². The van der Waals surface area contributed by atoms with Crippen molar-refractivity contribution in [2.75, 3.05) is 0 Å². The number of hydrogen-bond acceptors (Lipinski definition) is 0. The van der Waals surface area contributed by atoms with Crippen LogP contribution < -0.4 is 0 Å². The largest absolute Gasteiger partial charge is 3.00 e. The molecule has 2 rings (SSSR count). The van der Waals surface area contributed by atoms with Crippen molar-refractivity contribution < 1.29 is 39.4 Å². The zero-order valence-electron chi connectivity index (χ0n) is 8.01. The number of halogens is 3. The van der Waals surface area contributed by atoms with Crippen LogP contribution in [0.4, 0.5) is 13.2 Å². The summed E-state index contributed by atoms with van der Waals surface area (Å²) < 4.78 is 28.8. The smallest absolute Gasteiger partial charge is 0.385 e. The van der Waals surface area contributed by atoms with Gasteiger partial charge in [0.1, 0.15) is 0 Å². The molecule has 4 heteroatoms. The summed E-state index contributed by atoms with van der Waals surface area (Å²) in [5, 5.41) is 0. The Morgan fingerprint density at radius 1 is 0.867 bits per heavy atom. The third kappa shape index (κ3) is 19.9. The Labute approximate surface area is 107 Å². The summed E-state index contributed by atoms with van der Waals surface area (Å²) in [6.07, 6.45) is 20.0. The molecule has 0 spiro atoms. The van der Waals surface area contributed by atoms with Gasteiger partial charge in [-0.2, -0.15) is 12.2 Å². The first-order valence-electron chi connectivity index (χ1n) is 4.00. The normalized spacial score (nSPS) is 14.1. The van der Waals surface area contributed by atoms with Gasteiger partial charge in [0.05, 0.1) is 0 Å². The first kappa shape index (κ1) is 17.0. The van der Waals surface area contributed by atoms with Gasteiger partial charge in [-0.3, -0.25) is 12.2 Å². The Hall–Kier alpha value is -0.367. The zero-order chi connectivity index (χ0) is 10.6. The minimum Gasteiger partial charge on any atom is -0.385 e. The average molecular weight is 290 g/mol. The SMILES string of the molecule is F[C-](F)F.[C-]1=CC=CC1.[C-]1=CC=CC1.[Zr+3]. The predicted octanol–water partition coefficient (Wildman–Crippen LogP) is 3.95. The van der Waals surface area contributed by atoms with Crippen LogP contribution in [0.5, 0.6) is 0 Å². The summed E-state index contributed by atoms with van der Waals surface area (Å²) in [4.78, 5) is 0. The van der Waals surface area contributed by atoms with E-state index in [9.17, 15) is 13.2 Å². The van der Waals surface area contributed by atoms with Crippen molar-refractivity contribution >= 4 is 0 Å². The first-order chi connectivity index (χ1) is 6.73. The van der Waals surface area contributed by atoms with Gasteiger partial charge in [-0.05, 0) is 0 Å². The molecule has 0 aliphatic heterocycles. The van der Waals surface area contributed by atoms with Gasteiger partial charge in [0.2, 0.25) is 0 Å². The Morgan fingerprint density at radius 2 is 1.20 bits per heavy atom. The van der Waals surface area contributed by atoms with E-state index >= 15 is 0 Å². The molecule has 0 saturated carbocycles. The summed E-state index contributed by atoms with van der Waals surface area (Å²) in [5.74, 6) is 0. The van der Waals surface area contributed by atoms with E-state index in [1.807, 2.05) is 24.3 Å². The van der Waals surface area contributed by atoms with E-state index in [2.05, 4.69) is 24.3 Å². The van der Waals surface area contributed by atoms with Crippen molar-refractivity contribution in [3.05, 3.63) is 55.3 Å². The summed E-state index contributed by atoms with van der Waals surface area (Å²) in [6, 6.07) is 0. The van der Waals surface area contributed by atoms with Crippen molar-refractivity contribution in [3.63, 3.8) is 0 Å². The Kier molecular flexibility index (Phi) is 15.5. The van der Waals surface area contributed by atoms with E-state index < -0.39 is 6.68 Å². The predicted molar refractivity (Wildman–Crippen MR) is 49.7 cm³/mol. The van der Waals surface area contributed by atoms with Crippen LogP contribution in [0.1, 0.15) is 12.8 Å². The molecular weight excluding hydrogens is 280 g/mol. The Bertz CT molecular complexity index is 185. The van der Waals surface area contributed by atoms with E-state index in [1.165, 1.54) is 0 Å². The molecule has 0 unspecified atom stereocenters. The molecule has 0 N–H and O–H groups in total. The fourth-order valence-corrected chi connectivity index (χ4v) is 0.680. The van der Waals surface area contributed by atoms with Gasteiger partial charge in [-0.15, -0.1) is 12.8 Å². The van der Waals surface area contributed by atoms with Crippen LogP contribution in [0.15, 0.2) is 36.5 Å². The molecule has 0 aromatic rings. The third-order valence-corrected chi connectivity index (χ3v) is 1.17. The fourth-order valence-electron chi connectivity index (χ4n) is 0.680. The molecule has 1 radical (unpaired) electrons. The van der Waals surface area contributed by atoms with Gasteiger partial charge in [0.25, 0.3) is 0 Å². The molecule has 0 aromatic carbocycles. The monoisotopic (exact) mass is 289 g/mol. The summed E-state index contributed by atoms with van der Waals surface area (Å²) in [5.41, 5.74) is 0. The van der Waals surface area contributed by atoms with Crippen molar-refractivity contribution in [1.82, 2.24) is 0 Å². The minimum absolute atomic E-state index is 0. The summed E-state index contributed by atoms with van der Waals surface area (Å²) in [6.45, 7) is -3.08. The topological polar surface area (TPSA) is 0 Å². The third-order valence-electron chi connectivity index (χ3n) is 1.17. The molecule has 0 heterocycles. The standard InChI is InChI=1S/2C5H5.CF3.Zr/c2*1-2-4-5-3-1;2-1(3)4;/h2*1-3H,4H2;;/q3*-1;+3. The molecule has 0 amide bonds. The van der Waals surface area contributed by atoms with Crippen molar-refractivity contribution in [2.45, 2.75) is 12.8 Å². The van der Waals surface area contributed by atoms with Crippen LogP contribution in [0.25, 0.3) is 0 Å². The Balaban J connectivity index is 0. The maximum absolute atomic E-state index is 9.58. The minimum atomic E-state index is -3.08. The van der Waals surface area contributed by atoms with Gasteiger partial charge in [-0.25, -0.2) is 24.3 Å². The number of allylic oxidation sites excluding steroid dienone is 8. The van der Waals surface area contributed by atoms with Gasteiger partial charge < -0.3 is 13.2 Å². The molecule has 2 aliphatic carbocycles. The average Bonchev–Trinajstić information content (AvgIpc) is 2.83. The molecule has 0 aromatic heterocycles. The maximum Gasteiger partial charge on any atom is 3.00 e. The van der Waals surface area contributed by atoms with Gasteiger partial charge >= 0.3 is 26.2 Å². The van der Waals surface area contributed by atoms with E-state index in [0.717, 1.165) is 12.8 Å². The maximum atomic E-state index is 9.58. The van der Waals surface area contributed by atoms with Crippen LogP contribution >= 0.6 is 0 Å². The molecule has 0 atom stereocenters. The fraction of sp³-hybridized carbons (Fsp3) is 0.182. The molecule has 79 valence electrons. The van der Waals surface area contributed by atoms with Crippen LogP contribution in [-0.4, -0.2) is 0 Å². The molecule has 0 fully saturated rings. The quantitative estimate of drug-likeness (QED) is 0.593. The Morgan fingerprint density at radius 3 is 1.27 bits per heavy atom. The van der Waals surface area contributed by atoms with Crippen LogP contribution in [0, 0.1) is 18.8 Å².